The molecule has 0 aliphatic carbocycles. The van der Waals surface area contributed by atoms with Crippen LogP contribution in [0.4, 0.5) is 0 Å². The van der Waals surface area contributed by atoms with Crippen LogP contribution in [0.15, 0.2) is 0 Å². The second kappa shape index (κ2) is 4.99. The van der Waals surface area contributed by atoms with Gasteiger partial charge in [-0.25, -0.2) is 0 Å². The van der Waals surface area contributed by atoms with Gasteiger partial charge in [0.05, 0.1) is 0 Å². The fourth-order valence-corrected chi connectivity index (χ4v) is 2.63. The summed E-state index contributed by atoms with van der Waals surface area (Å²) >= 11 is 0. The molecule has 1 heteroatoms. The topological polar surface area (TPSA) is 12.0 Å². The number of hydrogen-bond acceptors (Lipinski definition) is 1. The van der Waals surface area contributed by atoms with Gasteiger partial charge in [-0.2, -0.15) is 0 Å². The molecular formula is C12H25N. The highest BCUT2D eigenvalue weighted by molar-refractivity contribution is 4.86. The molecule has 1 nitrogen and oxygen atoms in total. The molecule has 0 aromatic rings. The summed E-state index contributed by atoms with van der Waals surface area (Å²) in [6.45, 7) is 10.7. The molecule has 1 saturated heterocycles. The van der Waals surface area contributed by atoms with E-state index in [1.807, 2.05) is 0 Å². The van der Waals surface area contributed by atoms with Gasteiger partial charge in [-0.1, -0.05) is 40.5 Å². The highest BCUT2D eigenvalue weighted by Crippen LogP contribution is 2.28. The molecule has 0 aromatic heterocycles. The van der Waals surface area contributed by atoms with Gasteiger partial charge in [-0.05, 0) is 30.7 Å². The van der Waals surface area contributed by atoms with E-state index in [-0.39, 0.29) is 0 Å². The summed E-state index contributed by atoms with van der Waals surface area (Å²) in [7, 11) is 0. The monoisotopic (exact) mass is 183 g/mol. The van der Waals surface area contributed by atoms with Crippen LogP contribution in [-0.2, 0) is 0 Å². The number of hydrogen-bond donors (Lipinski definition) is 1. The van der Waals surface area contributed by atoms with Crippen LogP contribution in [-0.4, -0.2) is 12.6 Å². The maximum Gasteiger partial charge on any atom is 0.0121 e. The molecule has 0 bridgehead atoms. The molecule has 0 aromatic carbocycles. The van der Waals surface area contributed by atoms with Crippen molar-refractivity contribution in [2.45, 2.75) is 53.0 Å². The highest BCUT2D eigenvalue weighted by Gasteiger charge is 2.30. The maximum absolute atomic E-state index is 3.65. The average molecular weight is 183 g/mol. The van der Waals surface area contributed by atoms with Crippen LogP contribution in [0.2, 0.25) is 0 Å². The first-order valence-corrected chi connectivity index (χ1v) is 5.90. The third kappa shape index (κ3) is 2.70. The number of nitrogens with one attached hydrogen (secondary N) is 1. The average Bonchev–Trinajstić information content (AvgIpc) is 2.50. The van der Waals surface area contributed by atoms with Gasteiger partial charge >= 0.3 is 0 Å². The van der Waals surface area contributed by atoms with E-state index in [1.54, 1.807) is 0 Å². The van der Waals surface area contributed by atoms with Crippen molar-refractivity contribution < 1.29 is 0 Å². The molecule has 1 aliphatic heterocycles. The van der Waals surface area contributed by atoms with E-state index in [0.29, 0.717) is 0 Å². The Labute approximate surface area is 83.3 Å². The standard InChI is InChI=1S/C12H25N/c1-5-6-9(2)11(4)12-10(3)7-8-13-12/h9-13H,5-8H2,1-4H3/t9-,10+,11+,12?/m1/s1. The minimum atomic E-state index is 0.779. The van der Waals surface area contributed by atoms with Gasteiger partial charge in [0.15, 0.2) is 0 Å². The smallest absolute Gasteiger partial charge is 0.0121 e. The first-order chi connectivity index (χ1) is 6.16. The Morgan fingerprint density at radius 3 is 2.54 bits per heavy atom. The van der Waals surface area contributed by atoms with Crippen molar-refractivity contribution in [1.82, 2.24) is 5.32 Å². The van der Waals surface area contributed by atoms with E-state index >= 15 is 0 Å². The van der Waals surface area contributed by atoms with Crippen molar-refractivity contribution in [2.24, 2.45) is 17.8 Å². The lowest BCUT2D eigenvalue weighted by molar-refractivity contribution is 0.254. The van der Waals surface area contributed by atoms with Crippen LogP contribution in [0.5, 0.6) is 0 Å². The van der Waals surface area contributed by atoms with Crippen molar-refractivity contribution in [3.63, 3.8) is 0 Å². The van der Waals surface area contributed by atoms with Crippen LogP contribution in [0, 0.1) is 17.8 Å². The molecule has 0 radical (unpaired) electrons. The molecule has 1 N–H and O–H groups in total. The molecule has 4 atom stereocenters. The van der Waals surface area contributed by atoms with Crippen LogP contribution < -0.4 is 5.32 Å². The van der Waals surface area contributed by atoms with Crippen molar-refractivity contribution in [2.75, 3.05) is 6.54 Å². The van der Waals surface area contributed by atoms with E-state index in [1.165, 1.54) is 25.8 Å². The van der Waals surface area contributed by atoms with Crippen LogP contribution in [0.3, 0.4) is 0 Å². The van der Waals surface area contributed by atoms with Gasteiger partial charge < -0.3 is 5.32 Å². The molecule has 0 amide bonds. The first kappa shape index (κ1) is 11.0. The first-order valence-electron chi connectivity index (χ1n) is 5.90. The minimum Gasteiger partial charge on any atom is -0.313 e. The normalized spacial score (nSPS) is 33.2. The summed E-state index contributed by atoms with van der Waals surface area (Å²) in [4.78, 5) is 0. The predicted molar refractivity (Wildman–Crippen MR) is 58.8 cm³/mol. The van der Waals surface area contributed by atoms with Gasteiger partial charge in [-0.3, -0.25) is 0 Å². The fraction of sp³-hybridized carbons (Fsp3) is 1.00. The molecule has 1 heterocycles. The Kier molecular flexibility index (Phi) is 4.24. The molecule has 0 saturated carbocycles. The molecular weight excluding hydrogens is 158 g/mol. The summed E-state index contributed by atoms with van der Waals surface area (Å²) in [5.74, 6) is 2.61. The van der Waals surface area contributed by atoms with Gasteiger partial charge in [-0.15, -0.1) is 0 Å². The minimum absolute atomic E-state index is 0.779. The predicted octanol–water partition coefficient (Wildman–Crippen LogP) is 3.06. The van der Waals surface area contributed by atoms with Crippen LogP contribution in [0.1, 0.15) is 47.0 Å². The zero-order valence-corrected chi connectivity index (χ0v) is 9.64. The molecule has 1 unspecified atom stereocenters. The molecule has 0 spiro atoms. The van der Waals surface area contributed by atoms with E-state index in [9.17, 15) is 0 Å². The van der Waals surface area contributed by atoms with Gasteiger partial charge in [0, 0.05) is 6.04 Å². The lowest BCUT2D eigenvalue weighted by Crippen LogP contribution is -2.36. The summed E-state index contributed by atoms with van der Waals surface area (Å²) in [5, 5.41) is 3.65. The van der Waals surface area contributed by atoms with Crippen molar-refractivity contribution >= 4 is 0 Å². The summed E-state index contributed by atoms with van der Waals surface area (Å²) in [6, 6.07) is 0.779. The van der Waals surface area contributed by atoms with Crippen molar-refractivity contribution in [3.05, 3.63) is 0 Å². The summed E-state index contributed by atoms with van der Waals surface area (Å²) in [6.07, 6.45) is 4.08. The highest BCUT2D eigenvalue weighted by atomic mass is 15.0. The Bertz CT molecular complexity index is 144. The largest absolute Gasteiger partial charge is 0.313 e. The second-order valence-corrected chi connectivity index (χ2v) is 4.87. The fourth-order valence-electron chi connectivity index (χ4n) is 2.63. The van der Waals surface area contributed by atoms with Gasteiger partial charge in [0.2, 0.25) is 0 Å². The Balaban J connectivity index is 2.40. The quantitative estimate of drug-likeness (QED) is 0.706. The molecule has 1 aliphatic rings. The van der Waals surface area contributed by atoms with E-state index in [4.69, 9.17) is 0 Å². The van der Waals surface area contributed by atoms with E-state index < -0.39 is 0 Å². The number of rotatable bonds is 4. The van der Waals surface area contributed by atoms with Gasteiger partial charge in [0.25, 0.3) is 0 Å². The molecule has 1 rings (SSSR count). The van der Waals surface area contributed by atoms with E-state index in [2.05, 4.69) is 33.0 Å². The third-order valence-electron chi connectivity index (χ3n) is 3.80. The lowest BCUT2D eigenvalue weighted by atomic mass is 9.82. The van der Waals surface area contributed by atoms with E-state index in [0.717, 1.165) is 23.8 Å². The third-order valence-corrected chi connectivity index (χ3v) is 3.80. The Hall–Kier alpha value is -0.0400. The molecule has 1 fully saturated rings. The zero-order chi connectivity index (χ0) is 9.84. The molecule has 78 valence electrons. The van der Waals surface area contributed by atoms with Crippen molar-refractivity contribution in [3.8, 4) is 0 Å². The molecule has 13 heavy (non-hydrogen) atoms. The summed E-state index contributed by atoms with van der Waals surface area (Å²) < 4.78 is 0. The Morgan fingerprint density at radius 2 is 2.08 bits per heavy atom. The van der Waals surface area contributed by atoms with Gasteiger partial charge in [0.1, 0.15) is 0 Å². The summed E-state index contributed by atoms with van der Waals surface area (Å²) in [5.41, 5.74) is 0. The maximum atomic E-state index is 3.65. The van der Waals surface area contributed by atoms with Crippen molar-refractivity contribution in [1.29, 1.82) is 0 Å². The lowest BCUT2D eigenvalue weighted by Gasteiger charge is -2.28. The van der Waals surface area contributed by atoms with Crippen LogP contribution >= 0.6 is 0 Å². The Morgan fingerprint density at radius 1 is 1.38 bits per heavy atom. The van der Waals surface area contributed by atoms with Crippen LogP contribution in [0.25, 0.3) is 0 Å². The SMILES string of the molecule is CCC[C@@H](C)[C@H](C)C1NCC[C@@H]1C. The zero-order valence-electron chi connectivity index (χ0n) is 9.64. The second-order valence-electron chi connectivity index (χ2n) is 4.87.